The molecule has 5 N–H and O–H groups in total. The van der Waals surface area contributed by atoms with Crippen molar-refractivity contribution in [1.29, 1.82) is 0 Å². The molecule has 1 amide bonds. The van der Waals surface area contributed by atoms with Crippen LogP contribution in [-0.2, 0) is 0 Å². The minimum atomic E-state index is -0.515. The van der Waals surface area contributed by atoms with Gasteiger partial charge in [-0.15, -0.1) is 11.3 Å². The highest BCUT2D eigenvalue weighted by atomic mass is 32.1. The normalized spacial score (nSPS) is 18.7. The summed E-state index contributed by atoms with van der Waals surface area (Å²) >= 11 is 1.58. The molecule has 1 aliphatic carbocycles. The molecular weight excluding hydrogens is 396 g/mol. The Bertz CT molecular complexity index is 1010. The maximum absolute atomic E-state index is 12.0. The first-order valence-electron chi connectivity index (χ1n) is 10.2. The van der Waals surface area contributed by atoms with Crippen LogP contribution in [0.25, 0.3) is 10.6 Å². The van der Waals surface area contributed by atoms with Crippen LogP contribution in [0, 0.1) is 0 Å². The molecule has 0 spiro atoms. The number of nitrogens with two attached hydrogens (primary N) is 1. The highest BCUT2D eigenvalue weighted by molar-refractivity contribution is 7.13. The predicted molar refractivity (Wildman–Crippen MR) is 122 cm³/mol. The van der Waals surface area contributed by atoms with Gasteiger partial charge in [-0.25, -0.2) is 9.97 Å². The van der Waals surface area contributed by atoms with Gasteiger partial charge in [-0.05, 0) is 44.2 Å². The van der Waals surface area contributed by atoms with Crippen molar-refractivity contribution in [2.45, 2.75) is 37.8 Å². The van der Waals surface area contributed by atoms with Crippen LogP contribution in [0.2, 0.25) is 0 Å². The Hall–Kier alpha value is -2.97. The molecule has 1 aromatic carbocycles. The van der Waals surface area contributed by atoms with Crippen molar-refractivity contribution in [1.82, 2.24) is 15.3 Å². The smallest absolute Gasteiger partial charge is 0.252 e. The number of aromatic nitrogens is 2. The van der Waals surface area contributed by atoms with Gasteiger partial charge in [0.25, 0.3) is 5.91 Å². The van der Waals surface area contributed by atoms with Crippen LogP contribution in [0.15, 0.2) is 48.0 Å². The lowest BCUT2D eigenvalue weighted by molar-refractivity contribution is 0.100. The van der Waals surface area contributed by atoms with E-state index in [0.29, 0.717) is 23.5 Å². The van der Waals surface area contributed by atoms with Crippen molar-refractivity contribution in [2.75, 3.05) is 17.7 Å². The summed E-state index contributed by atoms with van der Waals surface area (Å²) in [6.45, 7) is 0. The zero-order valence-corrected chi connectivity index (χ0v) is 17.7. The Morgan fingerprint density at radius 3 is 2.73 bits per heavy atom. The summed E-state index contributed by atoms with van der Waals surface area (Å²) in [6.07, 6.45) is 6.45. The number of hydrogen-bond acceptors (Lipinski definition) is 7. The quantitative estimate of drug-likeness (QED) is 0.459. The molecule has 156 valence electrons. The van der Waals surface area contributed by atoms with E-state index in [9.17, 15) is 4.79 Å². The van der Waals surface area contributed by atoms with Gasteiger partial charge in [0.15, 0.2) is 0 Å². The summed E-state index contributed by atoms with van der Waals surface area (Å²) in [5, 5.41) is 13.1. The number of amides is 1. The van der Waals surface area contributed by atoms with Gasteiger partial charge in [-0.2, -0.15) is 0 Å². The highest BCUT2D eigenvalue weighted by Gasteiger charge is 2.24. The zero-order valence-electron chi connectivity index (χ0n) is 16.9. The summed E-state index contributed by atoms with van der Waals surface area (Å²) in [5.74, 6) is 0.657. The third kappa shape index (κ3) is 4.60. The average molecular weight is 423 g/mol. The molecule has 1 saturated carbocycles. The zero-order chi connectivity index (χ0) is 20.9. The number of rotatable bonds is 7. The molecule has 1 unspecified atom stereocenters. The van der Waals surface area contributed by atoms with E-state index in [2.05, 4.69) is 25.9 Å². The first kappa shape index (κ1) is 20.3. The van der Waals surface area contributed by atoms with Crippen molar-refractivity contribution in [3.63, 3.8) is 0 Å². The number of benzene rings is 1. The van der Waals surface area contributed by atoms with E-state index in [-0.39, 0.29) is 0 Å². The molecule has 1 fully saturated rings. The number of hydrogen-bond donors (Lipinski definition) is 4. The Kier molecular flexibility index (Phi) is 6.25. The van der Waals surface area contributed by atoms with Gasteiger partial charge in [0.1, 0.15) is 16.6 Å². The van der Waals surface area contributed by atoms with Gasteiger partial charge in [0.05, 0.1) is 5.56 Å². The summed E-state index contributed by atoms with van der Waals surface area (Å²) in [6, 6.07) is 12.1. The average Bonchev–Trinajstić information content (AvgIpc) is 3.29. The fraction of sp³-hybridized carbons (Fsp3) is 0.318. The number of likely N-dealkylation sites (N-methyl/N-ethyl adjacent to an activating group) is 1. The minimum absolute atomic E-state index is 0.303. The monoisotopic (exact) mass is 422 g/mol. The van der Waals surface area contributed by atoms with Crippen LogP contribution in [0.3, 0.4) is 0 Å². The van der Waals surface area contributed by atoms with Crippen LogP contribution < -0.4 is 21.7 Å². The van der Waals surface area contributed by atoms with E-state index in [1.165, 1.54) is 12.8 Å². The third-order valence-electron chi connectivity index (χ3n) is 5.44. The number of anilines is 3. The lowest BCUT2D eigenvalue weighted by Gasteiger charge is -2.32. The molecule has 0 aliphatic heterocycles. The first-order chi connectivity index (χ1) is 14.6. The standard InChI is InChI=1S/C22H26N6OS/c1-24-17-7-2-3-8-18(17)27-19-10-9-16(20(23)29)21(28-19)26-15-6-4-5-14(13-15)22-25-11-12-30-22/h4-6,9-13,17-18,24H,2-3,7-8H2,1H3,(H2,23,29)(H2,26,27,28)/t17?,18-/m1/s1. The van der Waals surface area contributed by atoms with Crippen LogP contribution in [0.5, 0.6) is 0 Å². The maximum Gasteiger partial charge on any atom is 0.252 e. The second-order valence-electron chi connectivity index (χ2n) is 7.43. The molecule has 0 saturated heterocycles. The van der Waals surface area contributed by atoms with E-state index in [1.807, 2.05) is 42.8 Å². The summed E-state index contributed by atoms with van der Waals surface area (Å²) < 4.78 is 0. The number of primary amides is 1. The molecule has 30 heavy (non-hydrogen) atoms. The van der Waals surface area contributed by atoms with Crippen LogP contribution in [0.4, 0.5) is 17.3 Å². The van der Waals surface area contributed by atoms with Gasteiger partial charge in [-0.3, -0.25) is 4.79 Å². The maximum atomic E-state index is 12.0. The largest absolute Gasteiger partial charge is 0.366 e. The molecule has 7 nitrogen and oxygen atoms in total. The van der Waals surface area contributed by atoms with Crippen molar-refractivity contribution >= 4 is 34.6 Å². The number of pyridine rings is 1. The number of nitrogens with one attached hydrogen (secondary N) is 3. The lowest BCUT2D eigenvalue weighted by Crippen LogP contribution is -2.44. The van der Waals surface area contributed by atoms with E-state index in [4.69, 9.17) is 5.73 Å². The van der Waals surface area contributed by atoms with Gasteiger partial charge >= 0.3 is 0 Å². The van der Waals surface area contributed by atoms with Crippen LogP contribution in [0.1, 0.15) is 36.0 Å². The van der Waals surface area contributed by atoms with E-state index in [0.717, 1.165) is 34.9 Å². The van der Waals surface area contributed by atoms with Gasteiger partial charge in [-0.1, -0.05) is 25.0 Å². The van der Waals surface area contributed by atoms with Crippen molar-refractivity contribution < 1.29 is 4.79 Å². The topological polar surface area (TPSA) is 105 Å². The Morgan fingerprint density at radius 2 is 2.00 bits per heavy atom. The van der Waals surface area contributed by atoms with E-state index < -0.39 is 5.91 Å². The van der Waals surface area contributed by atoms with Crippen molar-refractivity contribution in [3.05, 3.63) is 53.5 Å². The van der Waals surface area contributed by atoms with Gasteiger partial charge in [0.2, 0.25) is 0 Å². The molecule has 3 aromatic rings. The fourth-order valence-electron chi connectivity index (χ4n) is 3.91. The molecule has 2 atom stereocenters. The Labute approximate surface area is 180 Å². The van der Waals surface area contributed by atoms with Gasteiger partial charge in [0, 0.05) is 34.9 Å². The lowest BCUT2D eigenvalue weighted by atomic mass is 9.90. The Balaban J connectivity index is 1.59. The highest BCUT2D eigenvalue weighted by Crippen LogP contribution is 2.28. The van der Waals surface area contributed by atoms with Crippen LogP contribution >= 0.6 is 11.3 Å². The molecule has 2 aromatic heterocycles. The van der Waals surface area contributed by atoms with E-state index >= 15 is 0 Å². The fourth-order valence-corrected chi connectivity index (χ4v) is 4.54. The number of carbonyl (C=O) groups is 1. The molecular formula is C22H26N6OS. The van der Waals surface area contributed by atoms with Crippen molar-refractivity contribution in [3.8, 4) is 10.6 Å². The first-order valence-corrected chi connectivity index (χ1v) is 11.0. The molecule has 8 heteroatoms. The molecule has 1 aliphatic rings. The summed E-state index contributed by atoms with van der Waals surface area (Å²) in [5.41, 5.74) is 7.77. The number of carbonyl (C=O) groups excluding carboxylic acids is 1. The predicted octanol–water partition coefficient (Wildman–Crippen LogP) is 3.99. The van der Waals surface area contributed by atoms with E-state index in [1.54, 1.807) is 23.6 Å². The SMILES string of the molecule is CNC1CCCC[C@H]1Nc1ccc(C(N)=O)c(Nc2cccc(-c3nccs3)c2)n1. The Morgan fingerprint density at radius 1 is 1.17 bits per heavy atom. The minimum Gasteiger partial charge on any atom is -0.366 e. The molecule has 2 heterocycles. The summed E-state index contributed by atoms with van der Waals surface area (Å²) in [7, 11) is 2.00. The van der Waals surface area contributed by atoms with Gasteiger partial charge < -0.3 is 21.7 Å². The molecule has 4 rings (SSSR count). The molecule has 0 bridgehead atoms. The van der Waals surface area contributed by atoms with Crippen molar-refractivity contribution in [2.24, 2.45) is 5.73 Å². The summed E-state index contributed by atoms with van der Waals surface area (Å²) in [4.78, 5) is 21.0. The second-order valence-corrected chi connectivity index (χ2v) is 8.32. The third-order valence-corrected chi connectivity index (χ3v) is 6.26. The second kappa shape index (κ2) is 9.23. The number of nitrogens with zero attached hydrogens (tertiary/aromatic N) is 2. The molecule has 0 radical (unpaired) electrons. The van der Waals surface area contributed by atoms with Crippen LogP contribution in [-0.4, -0.2) is 35.0 Å². The number of thiazole rings is 1.